The van der Waals surface area contributed by atoms with Gasteiger partial charge in [0.2, 0.25) is 6.29 Å². The molecule has 2 aliphatic rings. The minimum absolute atomic E-state index is 0.300. The van der Waals surface area contributed by atoms with Crippen molar-refractivity contribution in [1.82, 2.24) is 4.98 Å². The summed E-state index contributed by atoms with van der Waals surface area (Å²) >= 11 is 0. The Morgan fingerprint density at radius 3 is 2.61 bits per heavy atom. The molecule has 98 valence electrons. The molecule has 2 fully saturated rings. The van der Waals surface area contributed by atoms with Crippen molar-refractivity contribution in [2.75, 3.05) is 44.4 Å². The monoisotopic (exact) mass is 250 g/mol. The van der Waals surface area contributed by atoms with Gasteiger partial charge in [0.1, 0.15) is 5.69 Å². The average molecular weight is 250 g/mol. The zero-order valence-corrected chi connectivity index (χ0v) is 10.6. The lowest BCUT2D eigenvalue weighted by Crippen LogP contribution is -2.36. The molecule has 2 aliphatic heterocycles. The Hall–Kier alpha value is -1.17. The molecule has 0 unspecified atom stereocenters. The first kappa shape index (κ1) is 11.9. The van der Waals surface area contributed by atoms with Crippen LogP contribution in [0.3, 0.4) is 0 Å². The van der Waals surface area contributed by atoms with E-state index in [-0.39, 0.29) is 6.29 Å². The van der Waals surface area contributed by atoms with Crippen LogP contribution in [0.5, 0.6) is 0 Å². The molecule has 1 aromatic rings. The van der Waals surface area contributed by atoms with Crippen LogP contribution in [0.1, 0.15) is 17.5 Å². The molecule has 0 amide bonds. The van der Waals surface area contributed by atoms with Gasteiger partial charge in [-0.1, -0.05) is 0 Å². The van der Waals surface area contributed by atoms with Crippen molar-refractivity contribution >= 4 is 5.69 Å². The van der Waals surface area contributed by atoms with Crippen LogP contribution < -0.4 is 4.90 Å². The molecule has 0 aromatic carbocycles. The Labute approximate surface area is 107 Å². The van der Waals surface area contributed by atoms with E-state index in [1.165, 1.54) is 5.69 Å². The Kier molecular flexibility index (Phi) is 3.45. The quantitative estimate of drug-likeness (QED) is 0.791. The summed E-state index contributed by atoms with van der Waals surface area (Å²) in [5, 5.41) is 0. The van der Waals surface area contributed by atoms with E-state index in [9.17, 15) is 0 Å². The molecule has 0 spiro atoms. The van der Waals surface area contributed by atoms with E-state index >= 15 is 0 Å². The summed E-state index contributed by atoms with van der Waals surface area (Å²) in [6.07, 6.45) is 1.53. The highest BCUT2D eigenvalue weighted by molar-refractivity contribution is 5.54. The standard InChI is InChI=1S/C13H18N2O3/c1-10-11(15-4-6-16-7-5-15)2-3-14-12(10)13-17-8-9-18-13/h2-3,13H,4-9H2,1H3. The summed E-state index contributed by atoms with van der Waals surface area (Å²) in [6, 6.07) is 2.05. The third-order valence-electron chi connectivity index (χ3n) is 3.41. The van der Waals surface area contributed by atoms with Crippen LogP contribution >= 0.6 is 0 Å². The second-order valence-corrected chi connectivity index (χ2v) is 4.51. The second-order valence-electron chi connectivity index (χ2n) is 4.51. The van der Waals surface area contributed by atoms with E-state index in [0.717, 1.165) is 37.6 Å². The molecule has 0 saturated carbocycles. The third-order valence-corrected chi connectivity index (χ3v) is 3.41. The van der Waals surface area contributed by atoms with Gasteiger partial charge < -0.3 is 19.1 Å². The molecular formula is C13H18N2O3. The van der Waals surface area contributed by atoms with Crippen molar-refractivity contribution in [3.63, 3.8) is 0 Å². The smallest absolute Gasteiger partial charge is 0.201 e. The van der Waals surface area contributed by atoms with E-state index in [1.807, 2.05) is 6.20 Å². The Bertz CT molecular complexity index is 413. The van der Waals surface area contributed by atoms with Crippen LogP contribution in [0.4, 0.5) is 5.69 Å². The van der Waals surface area contributed by atoms with Gasteiger partial charge in [-0.2, -0.15) is 0 Å². The van der Waals surface area contributed by atoms with E-state index in [4.69, 9.17) is 14.2 Å². The summed E-state index contributed by atoms with van der Waals surface area (Å²) in [6.45, 7) is 6.80. The number of aromatic nitrogens is 1. The van der Waals surface area contributed by atoms with Crippen LogP contribution in [0.15, 0.2) is 12.3 Å². The third kappa shape index (κ3) is 2.21. The van der Waals surface area contributed by atoms with Gasteiger partial charge >= 0.3 is 0 Å². The van der Waals surface area contributed by atoms with Gasteiger partial charge in [0, 0.05) is 25.0 Å². The summed E-state index contributed by atoms with van der Waals surface area (Å²) in [5.74, 6) is 0. The number of rotatable bonds is 2. The molecule has 1 aromatic heterocycles. The van der Waals surface area contributed by atoms with Crippen molar-refractivity contribution < 1.29 is 14.2 Å². The predicted molar refractivity (Wildman–Crippen MR) is 66.7 cm³/mol. The molecule has 0 radical (unpaired) electrons. The second kappa shape index (κ2) is 5.22. The lowest BCUT2D eigenvalue weighted by molar-refractivity contribution is -0.0477. The fourth-order valence-corrected chi connectivity index (χ4v) is 2.44. The van der Waals surface area contributed by atoms with E-state index in [0.29, 0.717) is 13.2 Å². The maximum absolute atomic E-state index is 5.53. The van der Waals surface area contributed by atoms with Gasteiger partial charge in [-0.25, -0.2) is 0 Å². The maximum Gasteiger partial charge on any atom is 0.201 e. The van der Waals surface area contributed by atoms with Crippen molar-refractivity contribution in [2.24, 2.45) is 0 Å². The number of ether oxygens (including phenoxy) is 3. The van der Waals surface area contributed by atoms with Gasteiger partial charge in [-0.05, 0) is 18.6 Å². The van der Waals surface area contributed by atoms with Crippen LogP contribution in [-0.4, -0.2) is 44.5 Å². The maximum atomic E-state index is 5.53. The van der Waals surface area contributed by atoms with E-state index in [2.05, 4.69) is 22.9 Å². The molecule has 0 aliphatic carbocycles. The normalized spacial score (nSPS) is 21.5. The van der Waals surface area contributed by atoms with Crippen LogP contribution in [0.2, 0.25) is 0 Å². The highest BCUT2D eigenvalue weighted by Gasteiger charge is 2.24. The van der Waals surface area contributed by atoms with Gasteiger partial charge in [-0.15, -0.1) is 0 Å². The van der Waals surface area contributed by atoms with Crippen LogP contribution in [0.25, 0.3) is 0 Å². The number of anilines is 1. The topological polar surface area (TPSA) is 43.8 Å². The zero-order chi connectivity index (χ0) is 12.4. The molecule has 5 heteroatoms. The molecular weight excluding hydrogens is 232 g/mol. The predicted octanol–water partition coefficient (Wildman–Crippen LogP) is 1.27. The van der Waals surface area contributed by atoms with Gasteiger partial charge in [0.15, 0.2) is 0 Å². The van der Waals surface area contributed by atoms with Crippen molar-refractivity contribution in [1.29, 1.82) is 0 Å². The molecule has 2 saturated heterocycles. The highest BCUT2D eigenvalue weighted by Crippen LogP contribution is 2.30. The summed E-state index contributed by atoms with van der Waals surface area (Å²) in [7, 11) is 0. The molecule has 5 nitrogen and oxygen atoms in total. The Balaban J connectivity index is 1.87. The number of nitrogens with zero attached hydrogens (tertiary/aromatic N) is 2. The molecule has 3 rings (SSSR count). The van der Waals surface area contributed by atoms with Gasteiger partial charge in [0.05, 0.1) is 26.4 Å². The summed E-state index contributed by atoms with van der Waals surface area (Å²) in [5.41, 5.74) is 3.25. The summed E-state index contributed by atoms with van der Waals surface area (Å²) in [4.78, 5) is 6.74. The van der Waals surface area contributed by atoms with E-state index < -0.39 is 0 Å². The highest BCUT2D eigenvalue weighted by atomic mass is 16.7. The number of pyridine rings is 1. The fourth-order valence-electron chi connectivity index (χ4n) is 2.44. The van der Waals surface area contributed by atoms with E-state index in [1.54, 1.807) is 0 Å². The summed E-state index contributed by atoms with van der Waals surface area (Å²) < 4.78 is 16.5. The molecule has 0 atom stereocenters. The Morgan fingerprint density at radius 2 is 1.89 bits per heavy atom. The lowest BCUT2D eigenvalue weighted by atomic mass is 10.1. The molecule has 0 N–H and O–H groups in total. The number of morpholine rings is 1. The van der Waals surface area contributed by atoms with Crippen molar-refractivity contribution in [3.8, 4) is 0 Å². The SMILES string of the molecule is Cc1c(N2CCOCC2)ccnc1C1OCCO1. The van der Waals surface area contributed by atoms with Crippen molar-refractivity contribution in [2.45, 2.75) is 13.2 Å². The molecule has 3 heterocycles. The first-order valence-corrected chi connectivity index (χ1v) is 6.37. The minimum Gasteiger partial charge on any atom is -0.378 e. The number of hydrogen-bond donors (Lipinski definition) is 0. The minimum atomic E-state index is -0.300. The first-order chi connectivity index (χ1) is 8.86. The lowest BCUT2D eigenvalue weighted by Gasteiger charge is -2.30. The van der Waals surface area contributed by atoms with Crippen molar-refractivity contribution in [3.05, 3.63) is 23.5 Å². The van der Waals surface area contributed by atoms with Crippen LogP contribution in [0, 0.1) is 6.92 Å². The van der Waals surface area contributed by atoms with Gasteiger partial charge in [-0.3, -0.25) is 4.98 Å². The average Bonchev–Trinajstić information content (AvgIpc) is 2.94. The zero-order valence-electron chi connectivity index (χ0n) is 10.6. The van der Waals surface area contributed by atoms with Gasteiger partial charge in [0.25, 0.3) is 0 Å². The molecule has 0 bridgehead atoms. The molecule has 18 heavy (non-hydrogen) atoms. The largest absolute Gasteiger partial charge is 0.378 e. The number of hydrogen-bond acceptors (Lipinski definition) is 5. The first-order valence-electron chi connectivity index (χ1n) is 6.37. The Morgan fingerprint density at radius 1 is 1.17 bits per heavy atom. The van der Waals surface area contributed by atoms with Crippen LogP contribution in [-0.2, 0) is 14.2 Å². The fraction of sp³-hybridized carbons (Fsp3) is 0.615.